The zero-order chi connectivity index (χ0) is 14.1. The van der Waals surface area contributed by atoms with Crippen molar-refractivity contribution in [1.82, 2.24) is 0 Å². The Kier molecular flexibility index (Phi) is 3.49. The van der Waals surface area contributed by atoms with Crippen LogP contribution in [0, 0.1) is 6.92 Å². The van der Waals surface area contributed by atoms with E-state index in [2.05, 4.69) is 61.3 Å². The van der Waals surface area contributed by atoms with Crippen LogP contribution in [0.5, 0.6) is 0 Å². The van der Waals surface area contributed by atoms with Crippen molar-refractivity contribution in [3.63, 3.8) is 0 Å². The molecule has 0 bridgehead atoms. The molecule has 0 fully saturated rings. The molecule has 104 valence electrons. The van der Waals surface area contributed by atoms with Crippen LogP contribution >= 0.6 is 0 Å². The van der Waals surface area contributed by atoms with Gasteiger partial charge in [0.15, 0.2) is 0 Å². The molecule has 1 aliphatic heterocycles. The second kappa shape index (κ2) is 5.29. The van der Waals surface area contributed by atoms with Crippen LogP contribution in [0.4, 0.5) is 5.69 Å². The van der Waals surface area contributed by atoms with Crippen molar-refractivity contribution >= 4 is 5.69 Å². The quantitative estimate of drug-likeness (QED) is 0.922. The summed E-state index contributed by atoms with van der Waals surface area (Å²) in [6.07, 6.45) is 1.33. The molecule has 1 heterocycles. The average Bonchev–Trinajstić information content (AvgIpc) is 2.82. The van der Waals surface area contributed by atoms with Gasteiger partial charge in [-0.3, -0.25) is 0 Å². The third-order valence-corrected chi connectivity index (χ3v) is 4.17. The van der Waals surface area contributed by atoms with Gasteiger partial charge in [0, 0.05) is 25.7 Å². The zero-order valence-electron chi connectivity index (χ0n) is 12.1. The predicted molar refractivity (Wildman–Crippen MR) is 83.3 cm³/mol. The molecule has 0 saturated carbocycles. The Morgan fingerprint density at radius 2 is 1.90 bits per heavy atom. The minimum Gasteiger partial charge on any atom is -0.388 e. The summed E-state index contributed by atoms with van der Waals surface area (Å²) in [5.41, 5.74) is 6.12. The van der Waals surface area contributed by atoms with E-state index in [1.54, 1.807) is 0 Å². The van der Waals surface area contributed by atoms with Gasteiger partial charge >= 0.3 is 0 Å². The Bertz CT molecular complexity index is 603. The van der Waals surface area contributed by atoms with Crippen LogP contribution in [0.15, 0.2) is 42.5 Å². The topological polar surface area (TPSA) is 23.5 Å². The molecule has 0 aliphatic carbocycles. The van der Waals surface area contributed by atoms with Gasteiger partial charge in [-0.05, 0) is 36.1 Å². The SMILES string of the molecule is Cc1ccc(CC(O)c2ccc3c(c2)CCN3C)cc1. The summed E-state index contributed by atoms with van der Waals surface area (Å²) in [5.74, 6) is 0. The lowest BCUT2D eigenvalue weighted by Gasteiger charge is -2.15. The summed E-state index contributed by atoms with van der Waals surface area (Å²) in [6.45, 7) is 3.16. The number of anilines is 1. The monoisotopic (exact) mass is 267 g/mol. The smallest absolute Gasteiger partial charge is 0.0830 e. The predicted octanol–water partition coefficient (Wildman–Crippen LogP) is 3.26. The summed E-state index contributed by atoms with van der Waals surface area (Å²) in [7, 11) is 2.12. The molecule has 2 aromatic carbocycles. The normalized spacial score (nSPS) is 15.2. The van der Waals surface area contributed by atoms with E-state index in [-0.39, 0.29) is 0 Å². The van der Waals surface area contributed by atoms with Gasteiger partial charge in [-0.15, -0.1) is 0 Å². The van der Waals surface area contributed by atoms with Crippen LogP contribution in [-0.4, -0.2) is 18.7 Å². The van der Waals surface area contributed by atoms with E-state index in [9.17, 15) is 5.11 Å². The fourth-order valence-corrected chi connectivity index (χ4v) is 2.86. The summed E-state index contributed by atoms with van der Waals surface area (Å²) >= 11 is 0. The first-order valence-corrected chi connectivity index (χ1v) is 7.21. The number of aliphatic hydroxyl groups is 1. The van der Waals surface area contributed by atoms with Crippen LogP contribution in [0.25, 0.3) is 0 Å². The lowest BCUT2D eigenvalue weighted by molar-refractivity contribution is 0.178. The second-order valence-electron chi connectivity index (χ2n) is 5.77. The van der Waals surface area contributed by atoms with E-state index in [1.807, 2.05) is 0 Å². The molecular weight excluding hydrogens is 246 g/mol. The van der Waals surface area contributed by atoms with Crippen LogP contribution in [-0.2, 0) is 12.8 Å². The van der Waals surface area contributed by atoms with E-state index >= 15 is 0 Å². The number of rotatable bonds is 3. The van der Waals surface area contributed by atoms with Gasteiger partial charge in [0.05, 0.1) is 6.10 Å². The number of aliphatic hydroxyl groups excluding tert-OH is 1. The second-order valence-corrected chi connectivity index (χ2v) is 5.77. The van der Waals surface area contributed by atoms with E-state index in [1.165, 1.54) is 22.4 Å². The molecule has 0 saturated heterocycles. The maximum Gasteiger partial charge on any atom is 0.0830 e. The average molecular weight is 267 g/mol. The molecule has 2 heteroatoms. The van der Waals surface area contributed by atoms with E-state index in [0.717, 1.165) is 18.5 Å². The highest BCUT2D eigenvalue weighted by atomic mass is 16.3. The number of nitrogens with zero attached hydrogens (tertiary/aromatic N) is 1. The molecule has 0 radical (unpaired) electrons. The van der Waals surface area contributed by atoms with Crippen LogP contribution in [0.1, 0.15) is 28.4 Å². The third-order valence-electron chi connectivity index (χ3n) is 4.17. The van der Waals surface area contributed by atoms with Gasteiger partial charge in [-0.1, -0.05) is 42.0 Å². The Hall–Kier alpha value is -1.80. The maximum absolute atomic E-state index is 10.4. The number of fused-ring (bicyclic) bond motifs is 1. The van der Waals surface area contributed by atoms with Gasteiger partial charge in [0.1, 0.15) is 0 Å². The summed E-state index contributed by atoms with van der Waals surface area (Å²) in [5, 5.41) is 10.4. The zero-order valence-corrected chi connectivity index (χ0v) is 12.1. The molecule has 2 aromatic rings. The van der Waals surface area contributed by atoms with Crippen molar-refractivity contribution in [1.29, 1.82) is 0 Å². The first-order valence-electron chi connectivity index (χ1n) is 7.21. The van der Waals surface area contributed by atoms with Gasteiger partial charge in [0.2, 0.25) is 0 Å². The highest BCUT2D eigenvalue weighted by Crippen LogP contribution is 2.30. The van der Waals surface area contributed by atoms with Crippen molar-refractivity contribution < 1.29 is 5.11 Å². The lowest BCUT2D eigenvalue weighted by Crippen LogP contribution is -2.12. The van der Waals surface area contributed by atoms with Crippen molar-refractivity contribution in [2.45, 2.75) is 25.9 Å². The van der Waals surface area contributed by atoms with Gasteiger partial charge < -0.3 is 10.0 Å². The molecule has 3 rings (SSSR count). The standard InChI is InChI=1S/C18H21NO/c1-13-3-5-14(6-4-13)11-18(20)16-7-8-17-15(12-16)9-10-19(17)2/h3-8,12,18,20H,9-11H2,1-2H3. The first kappa shape index (κ1) is 13.2. The molecule has 1 aliphatic rings. The molecule has 0 amide bonds. The Morgan fingerprint density at radius 3 is 2.65 bits per heavy atom. The molecule has 20 heavy (non-hydrogen) atoms. The fraction of sp³-hybridized carbons (Fsp3) is 0.333. The highest BCUT2D eigenvalue weighted by Gasteiger charge is 2.17. The van der Waals surface area contributed by atoms with Crippen LogP contribution < -0.4 is 4.90 Å². The number of hydrogen-bond donors (Lipinski definition) is 1. The van der Waals surface area contributed by atoms with Gasteiger partial charge in [-0.2, -0.15) is 0 Å². The highest BCUT2D eigenvalue weighted by molar-refractivity contribution is 5.58. The molecule has 2 nitrogen and oxygen atoms in total. The molecular formula is C18H21NO. The maximum atomic E-state index is 10.4. The fourth-order valence-electron chi connectivity index (χ4n) is 2.86. The number of likely N-dealkylation sites (N-methyl/N-ethyl adjacent to an activating group) is 1. The van der Waals surface area contributed by atoms with Crippen LogP contribution in [0.2, 0.25) is 0 Å². The number of hydrogen-bond acceptors (Lipinski definition) is 2. The third kappa shape index (κ3) is 2.56. The molecule has 0 spiro atoms. The Labute approximate surface area is 120 Å². The van der Waals surface area contributed by atoms with Crippen molar-refractivity contribution in [2.24, 2.45) is 0 Å². The van der Waals surface area contributed by atoms with Gasteiger partial charge in [0.25, 0.3) is 0 Å². The molecule has 0 aromatic heterocycles. The molecule has 1 atom stereocenters. The van der Waals surface area contributed by atoms with E-state index in [4.69, 9.17) is 0 Å². The van der Waals surface area contributed by atoms with E-state index < -0.39 is 6.10 Å². The van der Waals surface area contributed by atoms with E-state index in [0.29, 0.717) is 6.42 Å². The summed E-state index contributed by atoms with van der Waals surface area (Å²) in [4.78, 5) is 2.27. The Morgan fingerprint density at radius 1 is 1.15 bits per heavy atom. The first-order chi connectivity index (χ1) is 9.63. The van der Waals surface area contributed by atoms with Crippen molar-refractivity contribution in [3.8, 4) is 0 Å². The number of aryl methyl sites for hydroxylation is 1. The number of benzene rings is 2. The minimum atomic E-state index is -0.422. The van der Waals surface area contributed by atoms with Crippen LogP contribution in [0.3, 0.4) is 0 Å². The van der Waals surface area contributed by atoms with Crippen molar-refractivity contribution in [2.75, 3.05) is 18.5 Å². The van der Waals surface area contributed by atoms with Gasteiger partial charge in [-0.25, -0.2) is 0 Å². The van der Waals surface area contributed by atoms with Crippen molar-refractivity contribution in [3.05, 3.63) is 64.7 Å². The summed E-state index contributed by atoms with van der Waals surface area (Å²) in [6, 6.07) is 14.7. The Balaban J connectivity index is 1.77. The minimum absolute atomic E-state index is 0.422. The largest absolute Gasteiger partial charge is 0.388 e. The molecule has 1 unspecified atom stereocenters. The molecule has 1 N–H and O–H groups in total. The lowest BCUT2D eigenvalue weighted by atomic mass is 9.98. The summed E-state index contributed by atoms with van der Waals surface area (Å²) < 4.78 is 0.